The summed E-state index contributed by atoms with van der Waals surface area (Å²) in [7, 11) is 2.00. The Morgan fingerprint density at radius 3 is 3.00 bits per heavy atom. The number of rotatable bonds is 3. The molecule has 1 aliphatic heterocycles. The van der Waals surface area contributed by atoms with E-state index in [4.69, 9.17) is 0 Å². The molecule has 2 unspecified atom stereocenters. The first-order valence-electron chi connectivity index (χ1n) is 7.09. The van der Waals surface area contributed by atoms with Crippen molar-refractivity contribution in [3.8, 4) is 0 Å². The Balaban J connectivity index is 2.12. The number of nitrogens with zero attached hydrogens (tertiary/aromatic N) is 2. The summed E-state index contributed by atoms with van der Waals surface area (Å²) in [6, 6.07) is 4.72. The molecule has 1 aromatic heterocycles. The van der Waals surface area contributed by atoms with Crippen LogP contribution in [0.3, 0.4) is 0 Å². The summed E-state index contributed by atoms with van der Waals surface area (Å²) in [6.45, 7) is 6.83. The van der Waals surface area contributed by atoms with Gasteiger partial charge in [0.25, 0.3) is 0 Å². The average molecular weight is 247 g/mol. The molecule has 1 aromatic rings. The molecule has 1 aliphatic rings. The second kappa shape index (κ2) is 6.19. The molecular weight excluding hydrogens is 222 g/mol. The first-order valence-corrected chi connectivity index (χ1v) is 7.09. The maximum Gasteiger partial charge on any atom is 0.128 e. The van der Waals surface area contributed by atoms with Gasteiger partial charge in [-0.1, -0.05) is 6.92 Å². The van der Waals surface area contributed by atoms with Crippen molar-refractivity contribution < 1.29 is 0 Å². The molecule has 3 heteroatoms. The molecule has 0 spiro atoms. The van der Waals surface area contributed by atoms with Crippen LogP contribution in [0.1, 0.15) is 44.7 Å². The zero-order chi connectivity index (χ0) is 13.0. The topological polar surface area (TPSA) is 28.2 Å². The van der Waals surface area contributed by atoms with E-state index in [1.54, 1.807) is 0 Å². The zero-order valence-electron chi connectivity index (χ0n) is 11.8. The van der Waals surface area contributed by atoms with Crippen molar-refractivity contribution in [3.05, 3.63) is 23.9 Å². The normalized spacial score (nSPS) is 22.6. The van der Waals surface area contributed by atoms with E-state index in [9.17, 15) is 0 Å². The van der Waals surface area contributed by atoms with E-state index < -0.39 is 0 Å². The van der Waals surface area contributed by atoms with Gasteiger partial charge < -0.3 is 10.2 Å². The monoisotopic (exact) mass is 247 g/mol. The molecule has 3 nitrogen and oxygen atoms in total. The molecule has 0 bridgehead atoms. The molecule has 1 saturated heterocycles. The lowest BCUT2D eigenvalue weighted by Gasteiger charge is -2.23. The van der Waals surface area contributed by atoms with E-state index in [2.05, 4.69) is 41.2 Å². The second-order valence-corrected chi connectivity index (χ2v) is 5.48. The van der Waals surface area contributed by atoms with Gasteiger partial charge in [-0.05, 0) is 56.8 Å². The highest BCUT2D eigenvalue weighted by molar-refractivity contribution is 5.41. The van der Waals surface area contributed by atoms with Crippen LogP contribution < -0.4 is 10.2 Å². The number of anilines is 1. The van der Waals surface area contributed by atoms with Gasteiger partial charge in [0.1, 0.15) is 5.82 Å². The number of hydrogen-bond donors (Lipinski definition) is 1. The Morgan fingerprint density at radius 2 is 2.22 bits per heavy atom. The van der Waals surface area contributed by atoms with Gasteiger partial charge in [0, 0.05) is 25.3 Å². The predicted octanol–water partition coefficient (Wildman–Crippen LogP) is 2.99. The van der Waals surface area contributed by atoms with E-state index in [1.165, 1.54) is 24.8 Å². The third-order valence-electron chi connectivity index (χ3n) is 4.04. The lowest BCUT2D eigenvalue weighted by atomic mass is 10.0. The first kappa shape index (κ1) is 13.3. The van der Waals surface area contributed by atoms with Crippen LogP contribution in [0, 0.1) is 5.92 Å². The van der Waals surface area contributed by atoms with E-state index in [0.29, 0.717) is 6.04 Å². The largest absolute Gasteiger partial charge is 0.357 e. The van der Waals surface area contributed by atoms with Crippen molar-refractivity contribution >= 4 is 5.82 Å². The fraction of sp³-hybridized carbons (Fsp3) is 0.667. The Morgan fingerprint density at radius 1 is 1.39 bits per heavy atom. The van der Waals surface area contributed by atoms with Crippen molar-refractivity contribution in [3.63, 3.8) is 0 Å². The van der Waals surface area contributed by atoms with Crippen LogP contribution in [0.5, 0.6) is 0 Å². The van der Waals surface area contributed by atoms with Gasteiger partial charge in [-0.2, -0.15) is 0 Å². The fourth-order valence-electron chi connectivity index (χ4n) is 2.54. The van der Waals surface area contributed by atoms with Gasteiger partial charge >= 0.3 is 0 Å². The molecular formula is C15H25N3. The van der Waals surface area contributed by atoms with Crippen molar-refractivity contribution in [2.75, 3.05) is 25.0 Å². The molecule has 0 amide bonds. The van der Waals surface area contributed by atoms with Crippen molar-refractivity contribution in [2.45, 2.75) is 39.2 Å². The van der Waals surface area contributed by atoms with Crippen molar-refractivity contribution in [1.82, 2.24) is 10.3 Å². The SMILES string of the molecule is CNC(C)c1ccnc(N2CCCC(C)CC2)c1. The van der Waals surface area contributed by atoms with Gasteiger partial charge in [-0.3, -0.25) is 0 Å². The summed E-state index contributed by atoms with van der Waals surface area (Å²) >= 11 is 0. The lowest BCUT2D eigenvalue weighted by molar-refractivity contribution is 0.521. The molecule has 1 fully saturated rings. The molecule has 0 radical (unpaired) electrons. The van der Waals surface area contributed by atoms with E-state index >= 15 is 0 Å². The Hall–Kier alpha value is -1.09. The third-order valence-corrected chi connectivity index (χ3v) is 4.04. The molecule has 18 heavy (non-hydrogen) atoms. The highest BCUT2D eigenvalue weighted by atomic mass is 15.2. The van der Waals surface area contributed by atoms with Crippen LogP contribution >= 0.6 is 0 Å². The maximum absolute atomic E-state index is 4.54. The van der Waals surface area contributed by atoms with Gasteiger partial charge in [0.05, 0.1) is 0 Å². The standard InChI is InChI=1S/C15H25N3/c1-12-5-4-9-18(10-7-12)15-11-14(6-8-17-15)13(2)16-3/h6,8,11-13,16H,4-5,7,9-10H2,1-3H3. The van der Waals surface area contributed by atoms with Crippen LogP contribution in [-0.4, -0.2) is 25.1 Å². The summed E-state index contributed by atoms with van der Waals surface area (Å²) in [5.41, 5.74) is 1.32. The minimum Gasteiger partial charge on any atom is -0.357 e. The van der Waals surface area contributed by atoms with E-state index in [-0.39, 0.29) is 0 Å². The second-order valence-electron chi connectivity index (χ2n) is 5.48. The average Bonchev–Trinajstić information content (AvgIpc) is 2.63. The van der Waals surface area contributed by atoms with Crippen molar-refractivity contribution in [2.24, 2.45) is 5.92 Å². The van der Waals surface area contributed by atoms with E-state index in [0.717, 1.165) is 24.8 Å². The van der Waals surface area contributed by atoms with Crippen LogP contribution in [0.25, 0.3) is 0 Å². The molecule has 0 aliphatic carbocycles. The first-order chi connectivity index (χ1) is 8.70. The minimum absolute atomic E-state index is 0.387. The number of nitrogens with one attached hydrogen (secondary N) is 1. The number of pyridine rings is 1. The molecule has 0 saturated carbocycles. The Labute approximate surface area is 111 Å². The van der Waals surface area contributed by atoms with Crippen LogP contribution in [0.15, 0.2) is 18.3 Å². The molecule has 2 rings (SSSR count). The highest BCUT2D eigenvalue weighted by Gasteiger charge is 2.15. The molecule has 100 valence electrons. The molecule has 1 N–H and O–H groups in total. The molecule has 2 heterocycles. The summed E-state index contributed by atoms with van der Waals surface area (Å²) in [5.74, 6) is 2.00. The fourth-order valence-corrected chi connectivity index (χ4v) is 2.54. The minimum atomic E-state index is 0.387. The quantitative estimate of drug-likeness (QED) is 0.890. The lowest BCUT2D eigenvalue weighted by Crippen LogP contribution is -2.25. The summed E-state index contributed by atoms with van der Waals surface area (Å²) in [6.07, 6.45) is 5.86. The smallest absolute Gasteiger partial charge is 0.128 e. The Bertz CT molecular complexity index is 378. The van der Waals surface area contributed by atoms with Gasteiger partial charge in [-0.15, -0.1) is 0 Å². The van der Waals surface area contributed by atoms with Crippen LogP contribution in [0.2, 0.25) is 0 Å². The molecule has 2 atom stereocenters. The summed E-state index contributed by atoms with van der Waals surface area (Å²) < 4.78 is 0. The Kier molecular flexibility index (Phi) is 4.59. The predicted molar refractivity (Wildman–Crippen MR) is 76.9 cm³/mol. The third kappa shape index (κ3) is 3.22. The van der Waals surface area contributed by atoms with Crippen LogP contribution in [-0.2, 0) is 0 Å². The van der Waals surface area contributed by atoms with E-state index in [1.807, 2.05) is 13.2 Å². The number of aromatic nitrogens is 1. The van der Waals surface area contributed by atoms with Crippen molar-refractivity contribution in [1.29, 1.82) is 0 Å². The summed E-state index contributed by atoms with van der Waals surface area (Å²) in [4.78, 5) is 6.98. The zero-order valence-corrected chi connectivity index (χ0v) is 11.8. The van der Waals surface area contributed by atoms with Gasteiger partial charge in [0.2, 0.25) is 0 Å². The van der Waals surface area contributed by atoms with Crippen LogP contribution in [0.4, 0.5) is 5.82 Å². The van der Waals surface area contributed by atoms with Gasteiger partial charge in [0.15, 0.2) is 0 Å². The molecule has 0 aromatic carbocycles. The summed E-state index contributed by atoms with van der Waals surface area (Å²) in [5, 5.41) is 3.28. The highest BCUT2D eigenvalue weighted by Crippen LogP contribution is 2.23. The maximum atomic E-state index is 4.54. The van der Waals surface area contributed by atoms with Gasteiger partial charge in [-0.25, -0.2) is 4.98 Å². The number of hydrogen-bond acceptors (Lipinski definition) is 3.